The van der Waals surface area contributed by atoms with Gasteiger partial charge in [0.1, 0.15) is 0 Å². The van der Waals surface area contributed by atoms with E-state index in [0.717, 1.165) is 21.6 Å². The van der Waals surface area contributed by atoms with Crippen LogP contribution in [0, 0.1) is 13.8 Å². The van der Waals surface area contributed by atoms with Gasteiger partial charge in [-0.1, -0.05) is 47.5 Å². The van der Waals surface area contributed by atoms with Crippen LogP contribution >= 0.6 is 0 Å². The number of aryl methyl sites for hydroxylation is 2. The molecule has 0 aromatic heterocycles. The van der Waals surface area contributed by atoms with E-state index in [-0.39, 0.29) is 19.1 Å². The largest absolute Gasteiger partial charge is 0.439 e. The number of amides is 3. The molecule has 0 radical (unpaired) electrons. The molecular formula is C20H20N2O4. The molecule has 1 unspecified atom stereocenters. The summed E-state index contributed by atoms with van der Waals surface area (Å²) in [5, 5.41) is 2.93. The Morgan fingerprint density at radius 2 is 1.77 bits per heavy atom. The predicted octanol–water partition coefficient (Wildman–Crippen LogP) is 2.75. The van der Waals surface area contributed by atoms with E-state index < -0.39 is 18.0 Å². The average molecular weight is 352 g/mol. The number of hydrogen-bond donors (Lipinski definition) is 1. The van der Waals surface area contributed by atoms with Crippen LogP contribution in [0.2, 0.25) is 0 Å². The number of nitrogens with zero attached hydrogens (tertiary/aromatic N) is 1. The Morgan fingerprint density at radius 3 is 2.35 bits per heavy atom. The second kappa shape index (κ2) is 7.39. The van der Waals surface area contributed by atoms with Crippen molar-refractivity contribution in [2.24, 2.45) is 0 Å². The van der Waals surface area contributed by atoms with Crippen LogP contribution in [0.3, 0.4) is 0 Å². The van der Waals surface area contributed by atoms with E-state index in [1.165, 1.54) is 0 Å². The van der Waals surface area contributed by atoms with Crippen molar-refractivity contribution < 1.29 is 19.1 Å². The highest BCUT2D eigenvalue weighted by Gasteiger charge is 2.33. The summed E-state index contributed by atoms with van der Waals surface area (Å²) in [7, 11) is 0. The molecule has 1 fully saturated rings. The van der Waals surface area contributed by atoms with Crippen molar-refractivity contribution in [3.8, 4) is 0 Å². The fourth-order valence-electron chi connectivity index (χ4n) is 3.01. The Balaban J connectivity index is 1.85. The van der Waals surface area contributed by atoms with Crippen LogP contribution in [0.15, 0.2) is 48.5 Å². The molecule has 1 N–H and O–H groups in total. The van der Waals surface area contributed by atoms with Crippen LogP contribution in [0.25, 0.3) is 0 Å². The normalized spacial score (nSPS) is 14.9. The lowest BCUT2D eigenvalue weighted by Crippen LogP contribution is -2.40. The Labute approximate surface area is 151 Å². The van der Waals surface area contributed by atoms with Gasteiger partial charge in [-0.05, 0) is 31.5 Å². The van der Waals surface area contributed by atoms with Crippen LogP contribution in [0.4, 0.5) is 4.79 Å². The monoisotopic (exact) mass is 352 g/mol. The summed E-state index contributed by atoms with van der Waals surface area (Å²) in [6.45, 7) is 3.62. The molecule has 0 spiro atoms. The smallest absolute Gasteiger partial charge is 0.417 e. The predicted molar refractivity (Wildman–Crippen MR) is 95.6 cm³/mol. The van der Waals surface area contributed by atoms with E-state index in [4.69, 9.17) is 4.74 Å². The Bertz CT molecular complexity index is 812. The molecule has 6 heteroatoms. The quantitative estimate of drug-likeness (QED) is 0.898. The number of benzene rings is 2. The summed E-state index contributed by atoms with van der Waals surface area (Å²) < 4.78 is 4.76. The molecule has 1 saturated heterocycles. The number of carbonyl (C=O) groups excluding carboxylic acids is 3. The van der Waals surface area contributed by atoms with Gasteiger partial charge in [0.15, 0.2) is 6.61 Å². The number of imide groups is 1. The molecule has 1 aliphatic heterocycles. The topological polar surface area (TPSA) is 75.7 Å². The maximum atomic E-state index is 12.7. The van der Waals surface area contributed by atoms with E-state index in [2.05, 4.69) is 5.32 Å². The van der Waals surface area contributed by atoms with Crippen LogP contribution in [-0.2, 0) is 9.53 Å². The average Bonchev–Trinajstić information content (AvgIpc) is 2.93. The third kappa shape index (κ3) is 3.91. The third-order valence-electron chi connectivity index (χ3n) is 4.20. The first kappa shape index (κ1) is 17.7. The van der Waals surface area contributed by atoms with Crippen molar-refractivity contribution >= 4 is 17.9 Å². The lowest BCUT2D eigenvalue weighted by atomic mass is 10.0. The molecule has 1 atom stereocenters. The minimum absolute atomic E-state index is 0.0260. The SMILES string of the molecule is Cc1cc(C)cc(C(=O)NC(CN2C(=O)COC2=O)c2ccccc2)c1. The van der Waals surface area contributed by atoms with E-state index in [1.54, 1.807) is 12.1 Å². The molecule has 2 aromatic carbocycles. The molecule has 2 aromatic rings. The van der Waals surface area contributed by atoms with Gasteiger partial charge in [-0.15, -0.1) is 0 Å². The van der Waals surface area contributed by atoms with Crippen molar-refractivity contribution in [3.63, 3.8) is 0 Å². The molecule has 26 heavy (non-hydrogen) atoms. The summed E-state index contributed by atoms with van der Waals surface area (Å²) in [5.74, 6) is -0.665. The number of carbonyl (C=O) groups is 3. The highest BCUT2D eigenvalue weighted by molar-refractivity contribution is 5.98. The summed E-state index contributed by atoms with van der Waals surface area (Å²) in [5.41, 5.74) is 3.32. The lowest BCUT2D eigenvalue weighted by molar-refractivity contribution is -0.126. The van der Waals surface area contributed by atoms with Crippen LogP contribution in [-0.4, -0.2) is 36.0 Å². The van der Waals surface area contributed by atoms with Gasteiger partial charge in [-0.2, -0.15) is 0 Å². The van der Waals surface area contributed by atoms with E-state index >= 15 is 0 Å². The van der Waals surface area contributed by atoms with E-state index in [1.807, 2.05) is 50.2 Å². The summed E-state index contributed by atoms with van der Waals surface area (Å²) >= 11 is 0. The molecule has 0 aliphatic carbocycles. The zero-order valence-electron chi connectivity index (χ0n) is 14.7. The van der Waals surface area contributed by atoms with Crippen LogP contribution in [0.1, 0.15) is 33.1 Å². The number of hydrogen-bond acceptors (Lipinski definition) is 4. The number of ether oxygens (including phenoxy) is 1. The molecule has 0 saturated carbocycles. The van der Waals surface area contributed by atoms with Crippen molar-refractivity contribution in [2.45, 2.75) is 19.9 Å². The molecule has 3 amide bonds. The first-order valence-corrected chi connectivity index (χ1v) is 8.35. The Hall–Kier alpha value is -3.15. The third-order valence-corrected chi connectivity index (χ3v) is 4.20. The molecular weight excluding hydrogens is 332 g/mol. The second-order valence-corrected chi connectivity index (χ2v) is 6.37. The molecule has 3 rings (SSSR count). The zero-order chi connectivity index (χ0) is 18.7. The van der Waals surface area contributed by atoms with Gasteiger partial charge < -0.3 is 10.1 Å². The van der Waals surface area contributed by atoms with Crippen molar-refractivity contribution in [1.29, 1.82) is 0 Å². The minimum atomic E-state index is -0.684. The van der Waals surface area contributed by atoms with Crippen LogP contribution in [0.5, 0.6) is 0 Å². The van der Waals surface area contributed by atoms with E-state index in [9.17, 15) is 14.4 Å². The highest BCUT2D eigenvalue weighted by Crippen LogP contribution is 2.19. The second-order valence-electron chi connectivity index (χ2n) is 6.37. The number of nitrogens with one attached hydrogen (secondary N) is 1. The fraction of sp³-hybridized carbons (Fsp3) is 0.250. The van der Waals surface area contributed by atoms with Gasteiger partial charge in [0, 0.05) is 5.56 Å². The van der Waals surface area contributed by atoms with Crippen molar-refractivity contribution in [3.05, 3.63) is 70.8 Å². The fourth-order valence-corrected chi connectivity index (χ4v) is 3.01. The summed E-state index contributed by atoms with van der Waals surface area (Å²) in [4.78, 5) is 37.4. The molecule has 6 nitrogen and oxygen atoms in total. The maximum Gasteiger partial charge on any atom is 0.417 e. The van der Waals surface area contributed by atoms with Gasteiger partial charge in [0.05, 0.1) is 12.6 Å². The van der Waals surface area contributed by atoms with E-state index in [0.29, 0.717) is 5.56 Å². The molecule has 0 bridgehead atoms. The Morgan fingerprint density at radius 1 is 1.12 bits per heavy atom. The standard InChI is InChI=1S/C20H20N2O4/c1-13-8-14(2)10-16(9-13)19(24)21-17(15-6-4-3-5-7-15)11-22-18(23)12-26-20(22)25/h3-10,17H,11-12H2,1-2H3,(H,21,24). The van der Waals surface area contributed by atoms with Crippen molar-refractivity contribution in [2.75, 3.05) is 13.2 Å². The molecule has 1 heterocycles. The van der Waals surface area contributed by atoms with Gasteiger partial charge in [-0.25, -0.2) is 9.69 Å². The minimum Gasteiger partial charge on any atom is -0.439 e. The summed E-state index contributed by atoms with van der Waals surface area (Å²) in [6, 6.07) is 14.3. The first-order chi connectivity index (χ1) is 12.4. The van der Waals surface area contributed by atoms with Gasteiger partial charge >= 0.3 is 6.09 Å². The highest BCUT2D eigenvalue weighted by atomic mass is 16.6. The van der Waals surface area contributed by atoms with Gasteiger partial charge in [-0.3, -0.25) is 9.59 Å². The lowest BCUT2D eigenvalue weighted by Gasteiger charge is -2.23. The van der Waals surface area contributed by atoms with Crippen molar-refractivity contribution in [1.82, 2.24) is 10.2 Å². The van der Waals surface area contributed by atoms with Gasteiger partial charge in [0.25, 0.3) is 11.8 Å². The Kier molecular flexibility index (Phi) is 5.02. The summed E-state index contributed by atoms with van der Waals surface area (Å²) in [6.07, 6.45) is -0.684. The molecule has 134 valence electrons. The zero-order valence-corrected chi connectivity index (χ0v) is 14.7. The molecule has 1 aliphatic rings. The van der Waals surface area contributed by atoms with Crippen LogP contribution < -0.4 is 5.32 Å². The first-order valence-electron chi connectivity index (χ1n) is 8.35. The number of cyclic esters (lactones) is 1. The van der Waals surface area contributed by atoms with Gasteiger partial charge in [0.2, 0.25) is 0 Å². The maximum absolute atomic E-state index is 12.7. The number of rotatable bonds is 5.